The second kappa shape index (κ2) is 10.9. The average molecular weight is 576 g/mol. The molecular formula is C25H20BrClN2O7. The van der Waals surface area contributed by atoms with Crippen LogP contribution < -0.4 is 14.8 Å². The lowest BCUT2D eigenvalue weighted by atomic mass is 10.1. The van der Waals surface area contributed by atoms with E-state index in [1.165, 1.54) is 32.4 Å². The number of ether oxygens (including phenoxy) is 3. The van der Waals surface area contributed by atoms with Gasteiger partial charge in [0.15, 0.2) is 11.5 Å². The van der Waals surface area contributed by atoms with Gasteiger partial charge in [-0.05, 0) is 48.0 Å². The molecule has 3 aromatic rings. The summed E-state index contributed by atoms with van der Waals surface area (Å²) in [7, 11) is 2.73. The van der Waals surface area contributed by atoms with E-state index in [1.54, 1.807) is 24.3 Å². The topological polar surface area (TPSA) is 107 Å². The molecule has 11 heteroatoms. The molecule has 0 radical (unpaired) electrons. The summed E-state index contributed by atoms with van der Waals surface area (Å²) < 4.78 is 22.2. The van der Waals surface area contributed by atoms with Gasteiger partial charge in [-0.1, -0.05) is 39.7 Å². The number of amides is 3. The van der Waals surface area contributed by atoms with Gasteiger partial charge in [0.05, 0.1) is 20.8 Å². The summed E-state index contributed by atoms with van der Waals surface area (Å²) in [6.45, 7) is 0.0551. The Labute approximate surface area is 219 Å². The number of furan rings is 1. The van der Waals surface area contributed by atoms with E-state index in [4.69, 9.17) is 25.5 Å². The standard InChI is InChI=1S/C25H20BrClN2O7/c1-33-21-11-16(26)9-15(22(21)35-13-14-3-5-17(27)6-4-14)10-19-23(30)29(25(32)28-19)12-18-7-8-20(36-18)24(31)34-2/h3-11H,12-13H2,1-2H3,(H,28,32)/b19-10-. The molecule has 0 unspecified atom stereocenters. The normalized spacial score (nSPS) is 14.2. The van der Waals surface area contributed by atoms with Crippen LogP contribution in [0.15, 0.2) is 63.1 Å². The van der Waals surface area contributed by atoms with Crippen LogP contribution in [-0.2, 0) is 22.7 Å². The molecule has 0 atom stereocenters. The summed E-state index contributed by atoms with van der Waals surface area (Å²) in [6.07, 6.45) is 1.51. The number of urea groups is 1. The van der Waals surface area contributed by atoms with Crippen molar-refractivity contribution in [3.05, 3.63) is 86.4 Å². The summed E-state index contributed by atoms with van der Waals surface area (Å²) >= 11 is 9.39. The van der Waals surface area contributed by atoms with Gasteiger partial charge in [-0.15, -0.1) is 0 Å². The lowest BCUT2D eigenvalue weighted by Gasteiger charge is -2.15. The fraction of sp³-hybridized carbons (Fsp3) is 0.160. The molecule has 0 aliphatic carbocycles. The predicted octanol–water partition coefficient (Wildman–Crippen LogP) is 5.16. The zero-order chi connectivity index (χ0) is 25.8. The first-order chi connectivity index (χ1) is 17.3. The fourth-order valence-corrected chi connectivity index (χ4v) is 4.02. The Morgan fingerprint density at radius 2 is 1.89 bits per heavy atom. The molecule has 0 bridgehead atoms. The van der Waals surface area contributed by atoms with Crippen LogP contribution in [0.25, 0.3) is 6.08 Å². The van der Waals surface area contributed by atoms with E-state index in [1.807, 2.05) is 12.1 Å². The number of hydrogen-bond acceptors (Lipinski definition) is 7. The van der Waals surface area contributed by atoms with Gasteiger partial charge in [-0.25, -0.2) is 9.59 Å². The number of imide groups is 1. The Morgan fingerprint density at radius 1 is 1.14 bits per heavy atom. The van der Waals surface area contributed by atoms with Gasteiger partial charge in [-0.2, -0.15) is 0 Å². The number of esters is 1. The van der Waals surface area contributed by atoms with Gasteiger partial charge in [0.1, 0.15) is 18.1 Å². The van der Waals surface area contributed by atoms with Gasteiger partial charge >= 0.3 is 12.0 Å². The van der Waals surface area contributed by atoms with Gasteiger partial charge in [0.25, 0.3) is 5.91 Å². The summed E-state index contributed by atoms with van der Waals surface area (Å²) in [4.78, 5) is 38.1. The highest BCUT2D eigenvalue weighted by Gasteiger charge is 2.34. The van der Waals surface area contributed by atoms with Gasteiger partial charge in [0, 0.05) is 15.1 Å². The van der Waals surface area contributed by atoms with E-state index in [2.05, 4.69) is 26.0 Å². The van der Waals surface area contributed by atoms with Crippen LogP contribution in [0.1, 0.15) is 27.4 Å². The lowest BCUT2D eigenvalue weighted by Crippen LogP contribution is -2.30. The lowest BCUT2D eigenvalue weighted by molar-refractivity contribution is -0.123. The number of nitrogens with zero attached hydrogens (tertiary/aromatic N) is 1. The number of carbonyl (C=O) groups excluding carboxylic acids is 3. The minimum absolute atomic E-state index is 0.0287. The molecule has 4 rings (SSSR count). The average Bonchev–Trinajstić information content (AvgIpc) is 3.44. The highest BCUT2D eigenvalue weighted by Crippen LogP contribution is 2.37. The van der Waals surface area contributed by atoms with Crippen molar-refractivity contribution >= 4 is 51.5 Å². The third-order valence-electron chi connectivity index (χ3n) is 5.19. The molecule has 0 saturated carbocycles. The van der Waals surface area contributed by atoms with Crippen molar-refractivity contribution in [3.63, 3.8) is 0 Å². The van der Waals surface area contributed by atoms with Crippen LogP contribution in [0, 0.1) is 0 Å². The molecule has 0 spiro atoms. The van der Waals surface area contributed by atoms with Crippen molar-refractivity contribution in [2.24, 2.45) is 0 Å². The number of rotatable bonds is 8. The Morgan fingerprint density at radius 3 is 2.58 bits per heavy atom. The van der Waals surface area contributed by atoms with Crippen molar-refractivity contribution in [1.29, 1.82) is 0 Å². The summed E-state index contributed by atoms with van der Waals surface area (Å²) in [6, 6.07) is 12.9. The highest BCUT2D eigenvalue weighted by molar-refractivity contribution is 9.10. The van der Waals surface area contributed by atoms with Crippen LogP contribution in [0.2, 0.25) is 5.02 Å². The van der Waals surface area contributed by atoms with E-state index in [-0.39, 0.29) is 30.4 Å². The second-order valence-electron chi connectivity index (χ2n) is 7.58. The fourth-order valence-electron chi connectivity index (χ4n) is 3.44. The molecule has 2 aromatic carbocycles. The summed E-state index contributed by atoms with van der Waals surface area (Å²) in [5.74, 6) is -0.190. The largest absolute Gasteiger partial charge is 0.493 e. The maximum absolute atomic E-state index is 13.0. The Hall–Kier alpha value is -3.76. The van der Waals surface area contributed by atoms with Crippen molar-refractivity contribution in [1.82, 2.24) is 10.2 Å². The van der Waals surface area contributed by atoms with Crippen LogP contribution >= 0.6 is 27.5 Å². The molecule has 36 heavy (non-hydrogen) atoms. The molecule has 1 aliphatic heterocycles. The number of nitrogens with one attached hydrogen (secondary N) is 1. The number of benzene rings is 2. The molecular weight excluding hydrogens is 556 g/mol. The predicted molar refractivity (Wildman–Crippen MR) is 134 cm³/mol. The molecule has 186 valence electrons. The maximum Gasteiger partial charge on any atom is 0.373 e. The first-order valence-corrected chi connectivity index (χ1v) is 11.7. The van der Waals surface area contributed by atoms with E-state index in [9.17, 15) is 14.4 Å². The van der Waals surface area contributed by atoms with Crippen LogP contribution in [-0.4, -0.2) is 37.0 Å². The van der Waals surface area contributed by atoms with Crippen molar-refractivity contribution in [2.75, 3.05) is 14.2 Å². The second-order valence-corrected chi connectivity index (χ2v) is 8.93. The first kappa shape index (κ1) is 25.3. The van der Waals surface area contributed by atoms with Gasteiger partial charge < -0.3 is 23.9 Å². The highest BCUT2D eigenvalue weighted by atomic mass is 79.9. The molecule has 1 N–H and O–H groups in total. The van der Waals surface area contributed by atoms with Crippen LogP contribution in [0.5, 0.6) is 11.5 Å². The third-order valence-corrected chi connectivity index (χ3v) is 5.90. The van der Waals surface area contributed by atoms with E-state index < -0.39 is 17.9 Å². The third kappa shape index (κ3) is 5.55. The van der Waals surface area contributed by atoms with Gasteiger partial charge in [-0.3, -0.25) is 9.69 Å². The Bertz CT molecular complexity index is 1350. The van der Waals surface area contributed by atoms with Crippen molar-refractivity contribution < 1.29 is 33.0 Å². The first-order valence-electron chi connectivity index (χ1n) is 10.6. The zero-order valence-electron chi connectivity index (χ0n) is 19.2. The molecule has 1 aliphatic rings. The monoisotopic (exact) mass is 574 g/mol. The van der Waals surface area contributed by atoms with Crippen LogP contribution in [0.4, 0.5) is 4.79 Å². The molecule has 1 fully saturated rings. The summed E-state index contributed by atoms with van der Waals surface area (Å²) in [5.41, 5.74) is 1.42. The maximum atomic E-state index is 13.0. The number of halogens is 2. The minimum atomic E-state index is -0.659. The van der Waals surface area contributed by atoms with E-state index >= 15 is 0 Å². The molecule has 3 amide bonds. The molecule has 1 saturated heterocycles. The van der Waals surface area contributed by atoms with Crippen molar-refractivity contribution in [3.8, 4) is 11.5 Å². The molecule has 9 nitrogen and oxygen atoms in total. The van der Waals surface area contributed by atoms with E-state index in [0.29, 0.717) is 26.6 Å². The Balaban J connectivity index is 1.59. The minimum Gasteiger partial charge on any atom is -0.493 e. The number of carbonyl (C=O) groups is 3. The van der Waals surface area contributed by atoms with Gasteiger partial charge in [0.2, 0.25) is 5.76 Å². The smallest absolute Gasteiger partial charge is 0.373 e. The van der Waals surface area contributed by atoms with E-state index in [0.717, 1.165) is 10.5 Å². The number of methoxy groups -OCH3 is 2. The SMILES string of the molecule is COC(=O)c1ccc(CN2C(=O)N/C(=C\c3cc(Br)cc(OC)c3OCc3ccc(Cl)cc3)C2=O)o1. The zero-order valence-corrected chi connectivity index (χ0v) is 21.5. The number of hydrogen-bond donors (Lipinski definition) is 1. The van der Waals surface area contributed by atoms with Crippen molar-refractivity contribution in [2.45, 2.75) is 13.2 Å². The molecule has 1 aromatic heterocycles. The quantitative estimate of drug-likeness (QED) is 0.225. The Kier molecular flexibility index (Phi) is 7.66. The van der Waals surface area contributed by atoms with Crippen LogP contribution in [0.3, 0.4) is 0 Å². The molecule has 2 heterocycles. The summed E-state index contributed by atoms with van der Waals surface area (Å²) in [5, 5.41) is 3.18.